The predicted octanol–water partition coefficient (Wildman–Crippen LogP) is 2.56. The summed E-state index contributed by atoms with van der Waals surface area (Å²) in [5.41, 5.74) is 3.96. The molecular formula is C20H22N2O3. The molecule has 0 spiro atoms. The number of aryl methyl sites for hydroxylation is 2. The van der Waals surface area contributed by atoms with Crippen LogP contribution in [0, 0.1) is 5.92 Å². The monoisotopic (exact) mass is 338 g/mol. The van der Waals surface area contributed by atoms with Crippen LogP contribution >= 0.6 is 0 Å². The van der Waals surface area contributed by atoms with Crippen molar-refractivity contribution in [1.29, 1.82) is 0 Å². The van der Waals surface area contributed by atoms with Crippen molar-refractivity contribution < 1.29 is 14.3 Å². The van der Waals surface area contributed by atoms with Crippen LogP contribution in [-0.4, -0.2) is 31.2 Å². The molecule has 1 aliphatic carbocycles. The zero-order valence-electron chi connectivity index (χ0n) is 14.4. The third-order valence-corrected chi connectivity index (χ3v) is 4.96. The van der Waals surface area contributed by atoms with Crippen molar-refractivity contribution in [3.8, 4) is 11.6 Å². The predicted molar refractivity (Wildman–Crippen MR) is 94.3 cm³/mol. The molecule has 1 N–H and O–H groups in total. The fraction of sp³-hybridized carbons (Fsp3) is 0.400. The number of para-hydroxylation sites is 1. The highest BCUT2D eigenvalue weighted by molar-refractivity contribution is 5.96. The van der Waals surface area contributed by atoms with E-state index in [1.807, 2.05) is 24.3 Å². The highest BCUT2D eigenvalue weighted by Crippen LogP contribution is 2.28. The van der Waals surface area contributed by atoms with E-state index in [0.717, 1.165) is 37.1 Å². The lowest BCUT2D eigenvalue weighted by Crippen LogP contribution is -2.35. The molecule has 1 aliphatic heterocycles. The molecule has 2 aliphatic rings. The van der Waals surface area contributed by atoms with Crippen LogP contribution in [0.15, 0.2) is 30.3 Å². The van der Waals surface area contributed by atoms with Crippen molar-refractivity contribution in [2.75, 3.05) is 20.3 Å². The van der Waals surface area contributed by atoms with E-state index in [2.05, 4.69) is 16.4 Å². The average Bonchev–Trinajstić information content (AvgIpc) is 3.12. The molecule has 2 aromatic rings. The summed E-state index contributed by atoms with van der Waals surface area (Å²) >= 11 is 0. The van der Waals surface area contributed by atoms with Crippen LogP contribution in [0.1, 0.15) is 33.6 Å². The van der Waals surface area contributed by atoms with Gasteiger partial charge in [-0.3, -0.25) is 4.79 Å². The van der Waals surface area contributed by atoms with Gasteiger partial charge in [-0.25, -0.2) is 4.98 Å². The number of nitrogens with zero attached hydrogens (tertiary/aromatic N) is 1. The summed E-state index contributed by atoms with van der Waals surface area (Å²) in [5, 5.41) is 3.03. The molecule has 5 nitrogen and oxygen atoms in total. The summed E-state index contributed by atoms with van der Waals surface area (Å²) in [6, 6.07) is 10.0. The van der Waals surface area contributed by atoms with E-state index in [4.69, 9.17) is 9.47 Å². The van der Waals surface area contributed by atoms with Gasteiger partial charge < -0.3 is 14.8 Å². The molecule has 5 heteroatoms. The van der Waals surface area contributed by atoms with E-state index in [-0.39, 0.29) is 11.8 Å². The van der Waals surface area contributed by atoms with E-state index in [1.165, 1.54) is 11.1 Å². The zero-order chi connectivity index (χ0) is 17.2. The van der Waals surface area contributed by atoms with Gasteiger partial charge >= 0.3 is 0 Å². The lowest BCUT2D eigenvalue weighted by atomic mass is 9.96. The Kier molecular flexibility index (Phi) is 4.30. The fourth-order valence-corrected chi connectivity index (χ4v) is 3.63. The molecule has 4 rings (SSSR count). The second-order valence-electron chi connectivity index (χ2n) is 6.70. The Morgan fingerprint density at radius 2 is 2.20 bits per heavy atom. The Morgan fingerprint density at radius 3 is 3.08 bits per heavy atom. The standard InChI is InChI=1S/C20H22N2O3/c1-24-20-16(10-14-6-4-7-17(14)22-20)19(23)21-11-13-9-15-5-2-3-8-18(15)25-12-13/h2-3,5,8,10,13H,4,6-7,9,11-12H2,1H3,(H,21,23). The van der Waals surface area contributed by atoms with Gasteiger partial charge in [-0.15, -0.1) is 0 Å². The van der Waals surface area contributed by atoms with Crippen molar-refractivity contribution in [3.63, 3.8) is 0 Å². The number of fused-ring (bicyclic) bond motifs is 2. The zero-order valence-corrected chi connectivity index (χ0v) is 14.4. The first-order valence-electron chi connectivity index (χ1n) is 8.80. The number of aromatic nitrogens is 1. The molecule has 0 bridgehead atoms. The Morgan fingerprint density at radius 1 is 1.32 bits per heavy atom. The number of rotatable bonds is 4. The van der Waals surface area contributed by atoms with Gasteiger partial charge in [0.1, 0.15) is 11.3 Å². The number of ether oxygens (including phenoxy) is 2. The van der Waals surface area contributed by atoms with Crippen molar-refractivity contribution in [3.05, 3.63) is 52.7 Å². The van der Waals surface area contributed by atoms with Crippen molar-refractivity contribution in [2.45, 2.75) is 25.7 Å². The number of carbonyl (C=O) groups excluding carboxylic acids is 1. The Labute approximate surface area is 147 Å². The summed E-state index contributed by atoms with van der Waals surface area (Å²) in [6.45, 7) is 1.20. The Bertz CT molecular complexity index is 804. The number of nitrogens with one attached hydrogen (secondary N) is 1. The molecule has 1 aromatic heterocycles. The number of hydrogen-bond acceptors (Lipinski definition) is 4. The van der Waals surface area contributed by atoms with Crippen LogP contribution in [0.3, 0.4) is 0 Å². The van der Waals surface area contributed by atoms with Crippen molar-refractivity contribution in [2.24, 2.45) is 5.92 Å². The lowest BCUT2D eigenvalue weighted by Gasteiger charge is -2.25. The Balaban J connectivity index is 1.43. The van der Waals surface area contributed by atoms with Gasteiger partial charge in [0.2, 0.25) is 5.88 Å². The SMILES string of the molecule is COc1nc2c(cc1C(=O)NCC1COc3ccccc3C1)CCC2. The van der Waals surface area contributed by atoms with E-state index in [0.29, 0.717) is 24.6 Å². The molecule has 130 valence electrons. The second-order valence-corrected chi connectivity index (χ2v) is 6.70. The number of methoxy groups -OCH3 is 1. The minimum Gasteiger partial charge on any atom is -0.493 e. The number of carbonyl (C=O) groups is 1. The number of amides is 1. The van der Waals surface area contributed by atoms with Crippen molar-refractivity contribution >= 4 is 5.91 Å². The molecule has 2 heterocycles. The summed E-state index contributed by atoms with van der Waals surface area (Å²) in [4.78, 5) is 17.2. The van der Waals surface area contributed by atoms with Crippen LogP contribution in [0.25, 0.3) is 0 Å². The van der Waals surface area contributed by atoms with Gasteiger partial charge in [-0.05, 0) is 48.9 Å². The third-order valence-electron chi connectivity index (χ3n) is 4.96. The van der Waals surface area contributed by atoms with Crippen LogP contribution < -0.4 is 14.8 Å². The van der Waals surface area contributed by atoms with Crippen molar-refractivity contribution in [1.82, 2.24) is 10.3 Å². The number of pyridine rings is 1. The first kappa shape index (κ1) is 15.9. The lowest BCUT2D eigenvalue weighted by molar-refractivity contribution is 0.0935. The first-order chi connectivity index (χ1) is 12.2. The molecule has 1 unspecified atom stereocenters. The summed E-state index contributed by atoms with van der Waals surface area (Å²) in [5.74, 6) is 1.52. The van der Waals surface area contributed by atoms with E-state index < -0.39 is 0 Å². The van der Waals surface area contributed by atoms with Crippen LogP contribution in [-0.2, 0) is 19.3 Å². The number of hydrogen-bond donors (Lipinski definition) is 1. The normalized spacial score (nSPS) is 18.0. The molecule has 0 radical (unpaired) electrons. The molecule has 0 saturated carbocycles. The number of benzene rings is 1. The largest absolute Gasteiger partial charge is 0.493 e. The van der Waals surface area contributed by atoms with Gasteiger partial charge in [-0.2, -0.15) is 0 Å². The average molecular weight is 338 g/mol. The van der Waals surface area contributed by atoms with E-state index in [9.17, 15) is 4.79 Å². The van der Waals surface area contributed by atoms with Gasteiger partial charge in [0.25, 0.3) is 5.91 Å². The summed E-state index contributed by atoms with van der Waals surface area (Å²) in [7, 11) is 1.56. The minimum atomic E-state index is -0.127. The maximum atomic E-state index is 12.6. The quantitative estimate of drug-likeness (QED) is 0.931. The van der Waals surface area contributed by atoms with Gasteiger partial charge in [0, 0.05) is 18.2 Å². The molecule has 25 heavy (non-hydrogen) atoms. The second kappa shape index (κ2) is 6.75. The molecule has 1 amide bonds. The van der Waals surface area contributed by atoms with Crippen LogP contribution in [0.5, 0.6) is 11.6 Å². The maximum Gasteiger partial charge on any atom is 0.256 e. The maximum absolute atomic E-state index is 12.6. The fourth-order valence-electron chi connectivity index (χ4n) is 3.63. The van der Waals surface area contributed by atoms with Crippen LogP contribution in [0.2, 0.25) is 0 Å². The van der Waals surface area contributed by atoms with Gasteiger partial charge in [0.05, 0.1) is 13.7 Å². The highest BCUT2D eigenvalue weighted by Gasteiger charge is 2.23. The van der Waals surface area contributed by atoms with Crippen LogP contribution in [0.4, 0.5) is 0 Å². The molecule has 1 aromatic carbocycles. The first-order valence-corrected chi connectivity index (χ1v) is 8.80. The highest BCUT2D eigenvalue weighted by atomic mass is 16.5. The Hall–Kier alpha value is -2.56. The van der Waals surface area contributed by atoms with Gasteiger partial charge in [0.15, 0.2) is 0 Å². The van der Waals surface area contributed by atoms with E-state index in [1.54, 1.807) is 7.11 Å². The molecule has 1 atom stereocenters. The summed E-state index contributed by atoms with van der Waals surface area (Å²) < 4.78 is 11.1. The molecule has 0 fully saturated rings. The smallest absolute Gasteiger partial charge is 0.256 e. The minimum absolute atomic E-state index is 0.127. The summed E-state index contributed by atoms with van der Waals surface area (Å²) in [6.07, 6.45) is 3.96. The molecule has 0 saturated heterocycles. The molecular weight excluding hydrogens is 316 g/mol. The van der Waals surface area contributed by atoms with Gasteiger partial charge in [-0.1, -0.05) is 18.2 Å². The third kappa shape index (κ3) is 3.18. The van der Waals surface area contributed by atoms with E-state index >= 15 is 0 Å². The topological polar surface area (TPSA) is 60.5 Å².